The Morgan fingerprint density at radius 3 is 2.60 bits per heavy atom. The van der Waals surface area contributed by atoms with Gasteiger partial charge < -0.3 is 0 Å². The van der Waals surface area contributed by atoms with Crippen molar-refractivity contribution in [3.8, 4) is 6.07 Å². The van der Waals surface area contributed by atoms with Crippen molar-refractivity contribution < 1.29 is 9.59 Å². The van der Waals surface area contributed by atoms with Gasteiger partial charge >= 0.3 is 0 Å². The van der Waals surface area contributed by atoms with Crippen LogP contribution < -0.4 is 0 Å². The molecule has 0 bridgehead atoms. The quantitative estimate of drug-likeness (QED) is 0.609. The Bertz CT molecular complexity index is 547. The van der Waals surface area contributed by atoms with Crippen LogP contribution in [-0.4, -0.2) is 23.3 Å². The molecule has 0 radical (unpaired) electrons. The highest BCUT2D eigenvalue weighted by Gasteiger charge is 2.48. The number of nitriles is 1. The van der Waals surface area contributed by atoms with E-state index in [1.807, 2.05) is 37.3 Å². The van der Waals surface area contributed by atoms with E-state index in [4.69, 9.17) is 5.26 Å². The zero-order valence-electron chi connectivity index (χ0n) is 11.6. The number of amides is 2. The normalized spacial score (nSPS) is 22.1. The molecule has 1 aromatic carbocycles. The summed E-state index contributed by atoms with van der Waals surface area (Å²) in [5, 5.41) is 8.50. The molecular formula is C16H18N2O2. The summed E-state index contributed by atoms with van der Waals surface area (Å²) in [5.74, 6) is -0.232. The molecular weight excluding hydrogens is 252 g/mol. The first kappa shape index (κ1) is 14.3. The van der Waals surface area contributed by atoms with Crippen molar-refractivity contribution in [2.45, 2.75) is 38.0 Å². The van der Waals surface area contributed by atoms with E-state index < -0.39 is 5.41 Å². The predicted molar refractivity (Wildman–Crippen MR) is 74.6 cm³/mol. The molecule has 1 aliphatic heterocycles. The number of carbonyl (C=O) groups is 2. The summed E-state index contributed by atoms with van der Waals surface area (Å²) in [6.45, 7) is 2.25. The second-order valence-electron chi connectivity index (χ2n) is 5.34. The molecule has 20 heavy (non-hydrogen) atoms. The van der Waals surface area contributed by atoms with E-state index in [0.717, 1.165) is 12.0 Å². The van der Waals surface area contributed by atoms with Gasteiger partial charge in [-0.2, -0.15) is 5.26 Å². The Hall–Kier alpha value is -2.15. The van der Waals surface area contributed by atoms with E-state index in [-0.39, 0.29) is 18.2 Å². The average Bonchev–Trinajstić information content (AvgIpc) is 2.68. The van der Waals surface area contributed by atoms with Gasteiger partial charge in [0.25, 0.3) is 0 Å². The average molecular weight is 270 g/mol. The monoisotopic (exact) mass is 270 g/mol. The maximum atomic E-state index is 12.5. The summed E-state index contributed by atoms with van der Waals surface area (Å²) in [7, 11) is 0. The highest BCUT2D eigenvalue weighted by molar-refractivity contribution is 6.08. The molecule has 1 heterocycles. The number of imide groups is 1. The van der Waals surface area contributed by atoms with Gasteiger partial charge in [-0.05, 0) is 25.3 Å². The molecule has 2 rings (SSSR count). The van der Waals surface area contributed by atoms with Gasteiger partial charge in [0.05, 0.1) is 11.5 Å². The van der Waals surface area contributed by atoms with Gasteiger partial charge in [0.1, 0.15) is 0 Å². The number of carbonyl (C=O) groups excluding carboxylic acids is 2. The number of benzene rings is 1. The topological polar surface area (TPSA) is 61.2 Å². The smallest absolute Gasteiger partial charge is 0.240 e. The summed E-state index contributed by atoms with van der Waals surface area (Å²) >= 11 is 0. The first-order valence-electron chi connectivity index (χ1n) is 6.87. The fourth-order valence-corrected chi connectivity index (χ4v) is 2.62. The van der Waals surface area contributed by atoms with Crippen molar-refractivity contribution >= 4 is 11.8 Å². The lowest BCUT2D eigenvalue weighted by atomic mass is 9.81. The van der Waals surface area contributed by atoms with E-state index in [0.29, 0.717) is 19.4 Å². The molecule has 1 fully saturated rings. The molecule has 1 atom stereocenters. The number of nitrogens with zero attached hydrogens (tertiary/aromatic N) is 2. The van der Waals surface area contributed by atoms with E-state index in [1.165, 1.54) is 4.90 Å². The molecule has 4 nitrogen and oxygen atoms in total. The van der Waals surface area contributed by atoms with E-state index in [2.05, 4.69) is 6.07 Å². The van der Waals surface area contributed by atoms with Crippen LogP contribution in [-0.2, 0) is 15.0 Å². The Morgan fingerprint density at radius 2 is 1.95 bits per heavy atom. The fourth-order valence-electron chi connectivity index (χ4n) is 2.62. The molecule has 0 spiro atoms. The van der Waals surface area contributed by atoms with Gasteiger partial charge in [-0.3, -0.25) is 14.5 Å². The third-order valence-corrected chi connectivity index (χ3v) is 3.85. The molecule has 0 aromatic heterocycles. The van der Waals surface area contributed by atoms with E-state index >= 15 is 0 Å². The summed E-state index contributed by atoms with van der Waals surface area (Å²) in [6, 6.07) is 11.5. The third kappa shape index (κ3) is 2.57. The van der Waals surface area contributed by atoms with Crippen LogP contribution in [0.25, 0.3) is 0 Å². The lowest BCUT2D eigenvalue weighted by Crippen LogP contribution is -2.37. The number of rotatable bonds is 5. The predicted octanol–water partition coefficient (Wildman–Crippen LogP) is 2.40. The molecule has 1 aliphatic rings. The minimum absolute atomic E-state index is 0.113. The van der Waals surface area contributed by atoms with Crippen molar-refractivity contribution in [1.29, 1.82) is 5.26 Å². The standard InChI is InChI=1S/C16H18N2O2/c1-16(13-8-4-2-5-9-13)12-14(19)18(15(16)20)11-7-3-6-10-17/h2,4-5,8-9H,3,6-7,11-12H2,1H3. The second kappa shape index (κ2) is 5.87. The van der Waals surface area contributed by atoms with Gasteiger partial charge in [-0.1, -0.05) is 30.3 Å². The van der Waals surface area contributed by atoms with E-state index in [9.17, 15) is 9.59 Å². The zero-order chi connectivity index (χ0) is 14.6. The van der Waals surface area contributed by atoms with Gasteiger partial charge in [0, 0.05) is 19.4 Å². The zero-order valence-corrected chi connectivity index (χ0v) is 11.6. The third-order valence-electron chi connectivity index (χ3n) is 3.85. The van der Waals surface area contributed by atoms with Gasteiger partial charge in [-0.15, -0.1) is 0 Å². The van der Waals surface area contributed by atoms with Crippen molar-refractivity contribution in [1.82, 2.24) is 4.90 Å². The van der Waals surface area contributed by atoms with Gasteiger partial charge in [0.2, 0.25) is 11.8 Å². The molecule has 1 unspecified atom stereocenters. The van der Waals surface area contributed by atoms with Crippen LogP contribution in [0.2, 0.25) is 0 Å². The lowest BCUT2D eigenvalue weighted by Gasteiger charge is -2.22. The molecule has 2 amide bonds. The molecule has 0 N–H and O–H groups in total. The second-order valence-corrected chi connectivity index (χ2v) is 5.34. The molecule has 0 saturated carbocycles. The number of unbranched alkanes of at least 4 members (excludes halogenated alkanes) is 2. The highest BCUT2D eigenvalue weighted by Crippen LogP contribution is 2.36. The summed E-state index contributed by atoms with van der Waals surface area (Å²) in [4.78, 5) is 26.0. The summed E-state index contributed by atoms with van der Waals surface area (Å²) < 4.78 is 0. The maximum Gasteiger partial charge on any atom is 0.240 e. The first-order chi connectivity index (χ1) is 9.59. The molecule has 1 saturated heterocycles. The Labute approximate surface area is 119 Å². The lowest BCUT2D eigenvalue weighted by molar-refractivity contribution is -0.139. The van der Waals surface area contributed by atoms with Crippen molar-refractivity contribution in [3.05, 3.63) is 35.9 Å². The number of hydrogen-bond donors (Lipinski definition) is 0. The van der Waals surface area contributed by atoms with Gasteiger partial charge in [0.15, 0.2) is 0 Å². The highest BCUT2D eigenvalue weighted by atomic mass is 16.2. The number of hydrogen-bond acceptors (Lipinski definition) is 3. The fraction of sp³-hybridized carbons (Fsp3) is 0.438. The minimum atomic E-state index is -0.742. The Morgan fingerprint density at radius 1 is 1.25 bits per heavy atom. The van der Waals surface area contributed by atoms with Crippen LogP contribution in [0.3, 0.4) is 0 Å². The molecule has 1 aromatic rings. The maximum absolute atomic E-state index is 12.5. The first-order valence-corrected chi connectivity index (χ1v) is 6.87. The van der Waals surface area contributed by atoms with Crippen molar-refractivity contribution in [3.63, 3.8) is 0 Å². The SMILES string of the molecule is CC1(c2ccccc2)CC(=O)N(CCCCC#N)C1=O. The van der Waals surface area contributed by atoms with E-state index in [1.54, 1.807) is 0 Å². The minimum Gasteiger partial charge on any atom is -0.282 e. The van der Waals surface area contributed by atoms with Crippen molar-refractivity contribution in [2.75, 3.05) is 6.54 Å². The van der Waals surface area contributed by atoms with Crippen LogP contribution in [0.1, 0.15) is 38.2 Å². The molecule has 4 heteroatoms. The summed E-state index contributed by atoms with van der Waals surface area (Å²) in [5.41, 5.74) is 0.144. The van der Waals surface area contributed by atoms with Crippen LogP contribution in [0.4, 0.5) is 0 Å². The van der Waals surface area contributed by atoms with Crippen LogP contribution in [0, 0.1) is 11.3 Å². The molecule has 104 valence electrons. The largest absolute Gasteiger partial charge is 0.282 e. The number of likely N-dealkylation sites (tertiary alicyclic amines) is 1. The van der Waals surface area contributed by atoms with Crippen LogP contribution >= 0.6 is 0 Å². The molecule has 0 aliphatic carbocycles. The van der Waals surface area contributed by atoms with Crippen molar-refractivity contribution in [2.24, 2.45) is 0 Å². The Balaban J connectivity index is 2.11. The van der Waals surface area contributed by atoms with Crippen LogP contribution in [0.5, 0.6) is 0 Å². The summed E-state index contributed by atoms with van der Waals surface area (Å²) in [6.07, 6.45) is 2.10. The van der Waals surface area contributed by atoms with Crippen LogP contribution in [0.15, 0.2) is 30.3 Å². The Kier molecular flexibility index (Phi) is 4.19. The van der Waals surface area contributed by atoms with Gasteiger partial charge in [-0.25, -0.2) is 0 Å².